The molecule has 1 aromatic rings. The normalized spacial score (nSPS) is 11.4. The molecule has 0 spiro atoms. The van der Waals surface area contributed by atoms with E-state index in [1.165, 1.54) is 0 Å². The first-order valence-electron chi connectivity index (χ1n) is 5.90. The minimum atomic E-state index is -0.0151. The number of amides is 1. The predicted molar refractivity (Wildman–Crippen MR) is 70.2 cm³/mol. The predicted octanol–water partition coefficient (Wildman–Crippen LogP) is 2.12. The van der Waals surface area contributed by atoms with Crippen LogP contribution in [0.25, 0.3) is 0 Å². The summed E-state index contributed by atoms with van der Waals surface area (Å²) in [5.74, 6) is -0.0151. The van der Waals surface area contributed by atoms with Crippen molar-refractivity contribution >= 4 is 5.91 Å². The molecule has 0 heterocycles. The quantitative estimate of drug-likeness (QED) is 0.764. The number of hydrogen-bond acceptors (Lipinski definition) is 2. The molecule has 0 saturated carbocycles. The fourth-order valence-corrected chi connectivity index (χ4v) is 1.64. The van der Waals surface area contributed by atoms with Crippen molar-refractivity contribution in [3.05, 3.63) is 47.0 Å². The third-order valence-electron chi connectivity index (χ3n) is 2.65. The number of nitrogens with two attached hydrogens (primary N) is 1. The summed E-state index contributed by atoms with van der Waals surface area (Å²) < 4.78 is 0. The summed E-state index contributed by atoms with van der Waals surface area (Å²) in [4.78, 5) is 11.7. The summed E-state index contributed by atoms with van der Waals surface area (Å²) >= 11 is 0. The first kappa shape index (κ1) is 13.5. The molecule has 17 heavy (non-hydrogen) atoms. The van der Waals surface area contributed by atoms with E-state index in [9.17, 15) is 4.79 Å². The van der Waals surface area contributed by atoms with Crippen molar-refractivity contribution in [2.24, 2.45) is 5.73 Å². The van der Waals surface area contributed by atoms with Gasteiger partial charge in [0.25, 0.3) is 0 Å². The Morgan fingerprint density at radius 3 is 2.59 bits per heavy atom. The van der Waals surface area contributed by atoms with Crippen molar-refractivity contribution in [2.45, 2.75) is 33.4 Å². The Morgan fingerprint density at radius 2 is 2.00 bits per heavy atom. The van der Waals surface area contributed by atoms with Crippen LogP contribution < -0.4 is 11.1 Å². The number of carbonyl (C=O) groups excluding carboxylic acids is 1. The highest BCUT2D eigenvalue weighted by atomic mass is 16.1. The van der Waals surface area contributed by atoms with Gasteiger partial charge in [0.1, 0.15) is 0 Å². The Kier molecular flexibility index (Phi) is 5.43. The zero-order chi connectivity index (χ0) is 12.7. The molecule has 0 saturated heterocycles. The molecule has 92 valence electrons. The van der Waals surface area contributed by atoms with E-state index in [0.29, 0.717) is 13.1 Å². The lowest BCUT2D eigenvalue weighted by Gasteiger charge is -2.09. The van der Waals surface area contributed by atoms with Crippen molar-refractivity contribution in [2.75, 3.05) is 0 Å². The molecule has 0 aliphatic rings. The van der Waals surface area contributed by atoms with Crippen molar-refractivity contribution < 1.29 is 4.79 Å². The van der Waals surface area contributed by atoms with Gasteiger partial charge in [0, 0.05) is 18.7 Å². The minimum absolute atomic E-state index is 0.0151. The number of benzene rings is 1. The third-order valence-corrected chi connectivity index (χ3v) is 2.65. The van der Waals surface area contributed by atoms with Crippen molar-refractivity contribution in [1.29, 1.82) is 0 Å². The van der Waals surface area contributed by atoms with Crippen molar-refractivity contribution in [1.82, 2.24) is 5.32 Å². The van der Waals surface area contributed by atoms with E-state index >= 15 is 0 Å². The highest BCUT2D eigenvalue weighted by molar-refractivity contribution is 5.92. The second kappa shape index (κ2) is 6.86. The lowest BCUT2D eigenvalue weighted by Crippen LogP contribution is -2.24. The highest BCUT2D eigenvalue weighted by Crippen LogP contribution is 2.07. The lowest BCUT2D eigenvalue weighted by atomic mass is 10.1. The Hall–Kier alpha value is -1.61. The van der Waals surface area contributed by atoms with Crippen LogP contribution in [0.3, 0.4) is 0 Å². The van der Waals surface area contributed by atoms with Gasteiger partial charge in [0.2, 0.25) is 5.91 Å². The molecule has 0 aliphatic heterocycles. The molecule has 0 unspecified atom stereocenters. The largest absolute Gasteiger partial charge is 0.348 e. The van der Waals surface area contributed by atoms with E-state index in [-0.39, 0.29) is 5.91 Å². The molecule has 3 nitrogen and oxygen atoms in total. The summed E-state index contributed by atoms with van der Waals surface area (Å²) in [5.41, 5.74) is 8.55. The Balaban J connectivity index is 2.61. The van der Waals surface area contributed by atoms with E-state index in [0.717, 1.165) is 23.1 Å². The average molecular weight is 232 g/mol. The maximum atomic E-state index is 11.7. The molecule has 1 aromatic carbocycles. The zero-order valence-corrected chi connectivity index (χ0v) is 10.5. The topological polar surface area (TPSA) is 55.1 Å². The second-order valence-electron chi connectivity index (χ2n) is 3.95. The van der Waals surface area contributed by atoms with E-state index in [1.807, 2.05) is 44.2 Å². The van der Waals surface area contributed by atoms with Crippen LogP contribution in [0.1, 0.15) is 31.4 Å². The molecule has 1 amide bonds. The summed E-state index contributed by atoms with van der Waals surface area (Å²) in [6, 6.07) is 7.88. The fourth-order valence-electron chi connectivity index (χ4n) is 1.64. The van der Waals surface area contributed by atoms with Gasteiger partial charge in [-0.05, 0) is 24.5 Å². The Labute approximate surface area is 103 Å². The molecular weight excluding hydrogens is 212 g/mol. The number of hydrogen-bond donors (Lipinski definition) is 2. The molecule has 0 aromatic heterocycles. The highest BCUT2D eigenvalue weighted by Gasteiger charge is 2.04. The lowest BCUT2D eigenvalue weighted by molar-refractivity contribution is -0.117. The summed E-state index contributed by atoms with van der Waals surface area (Å²) in [6.07, 6.45) is 2.79. The van der Waals surface area contributed by atoms with Gasteiger partial charge in [-0.2, -0.15) is 0 Å². The van der Waals surface area contributed by atoms with Crippen LogP contribution in [0.5, 0.6) is 0 Å². The molecule has 0 bridgehead atoms. The van der Waals surface area contributed by atoms with Gasteiger partial charge in [0.05, 0.1) is 0 Å². The van der Waals surface area contributed by atoms with Crippen molar-refractivity contribution in [3.63, 3.8) is 0 Å². The molecule has 0 fully saturated rings. The smallest absolute Gasteiger partial charge is 0.246 e. The van der Waals surface area contributed by atoms with Crippen LogP contribution in [-0.4, -0.2) is 5.91 Å². The fraction of sp³-hybridized carbons (Fsp3) is 0.357. The average Bonchev–Trinajstić information content (AvgIpc) is 2.36. The van der Waals surface area contributed by atoms with Gasteiger partial charge in [-0.1, -0.05) is 37.3 Å². The molecule has 0 radical (unpaired) electrons. The summed E-state index contributed by atoms with van der Waals surface area (Å²) in [6.45, 7) is 4.87. The van der Waals surface area contributed by atoms with Gasteiger partial charge in [-0.15, -0.1) is 0 Å². The van der Waals surface area contributed by atoms with E-state index in [2.05, 4.69) is 5.32 Å². The van der Waals surface area contributed by atoms with Gasteiger partial charge in [-0.3, -0.25) is 4.79 Å². The van der Waals surface area contributed by atoms with Gasteiger partial charge >= 0.3 is 0 Å². The first-order chi connectivity index (χ1) is 8.19. The van der Waals surface area contributed by atoms with Crippen LogP contribution in [0, 0.1) is 0 Å². The van der Waals surface area contributed by atoms with Crippen LogP contribution in [0.4, 0.5) is 0 Å². The standard InChI is InChI=1S/C14H20N2O/c1-3-6-11(2)14(17)16-10-13-8-5-4-7-12(13)9-15/h4-8H,3,9-10,15H2,1-2H3,(H,16,17). The number of carbonyl (C=O) groups is 1. The molecule has 3 heteroatoms. The van der Waals surface area contributed by atoms with Gasteiger partial charge in [0.15, 0.2) is 0 Å². The number of allylic oxidation sites excluding steroid dienone is 1. The Bertz CT molecular complexity index is 410. The molecular formula is C14H20N2O. The van der Waals surface area contributed by atoms with Crippen molar-refractivity contribution in [3.8, 4) is 0 Å². The molecule has 3 N–H and O–H groups in total. The first-order valence-corrected chi connectivity index (χ1v) is 5.90. The third kappa shape index (κ3) is 4.04. The molecule has 0 aliphatic carbocycles. The number of rotatable bonds is 5. The maximum Gasteiger partial charge on any atom is 0.246 e. The van der Waals surface area contributed by atoms with E-state index < -0.39 is 0 Å². The van der Waals surface area contributed by atoms with Crippen LogP contribution in [0.15, 0.2) is 35.9 Å². The Morgan fingerprint density at radius 1 is 1.35 bits per heavy atom. The maximum absolute atomic E-state index is 11.7. The van der Waals surface area contributed by atoms with E-state index in [4.69, 9.17) is 5.73 Å². The van der Waals surface area contributed by atoms with E-state index in [1.54, 1.807) is 0 Å². The SMILES string of the molecule is CCC=C(C)C(=O)NCc1ccccc1CN. The monoisotopic (exact) mass is 232 g/mol. The second-order valence-corrected chi connectivity index (χ2v) is 3.95. The summed E-state index contributed by atoms with van der Waals surface area (Å²) in [5, 5.41) is 2.90. The van der Waals surface area contributed by atoms with Gasteiger partial charge in [-0.25, -0.2) is 0 Å². The minimum Gasteiger partial charge on any atom is -0.348 e. The van der Waals surface area contributed by atoms with Crippen LogP contribution in [0.2, 0.25) is 0 Å². The number of nitrogens with one attached hydrogen (secondary N) is 1. The zero-order valence-electron chi connectivity index (χ0n) is 10.5. The van der Waals surface area contributed by atoms with Gasteiger partial charge < -0.3 is 11.1 Å². The summed E-state index contributed by atoms with van der Waals surface area (Å²) in [7, 11) is 0. The van der Waals surface area contributed by atoms with Crippen LogP contribution >= 0.6 is 0 Å². The molecule has 1 rings (SSSR count). The molecule has 0 atom stereocenters. The van der Waals surface area contributed by atoms with Crippen LogP contribution in [-0.2, 0) is 17.9 Å².